The molecule has 24 heavy (non-hydrogen) atoms. The van der Waals surface area contributed by atoms with E-state index in [-0.39, 0.29) is 18.4 Å². The van der Waals surface area contributed by atoms with Crippen LogP contribution in [0.15, 0.2) is 30.5 Å². The molecule has 0 bridgehead atoms. The molecule has 2 amide bonds. The summed E-state index contributed by atoms with van der Waals surface area (Å²) in [5.41, 5.74) is 4.56. The van der Waals surface area contributed by atoms with E-state index in [4.69, 9.17) is 4.74 Å². The molecule has 2 heterocycles. The molecular weight excluding hydrogens is 306 g/mol. The fraction of sp³-hybridized carbons (Fsp3) is 0.278. The zero-order valence-electron chi connectivity index (χ0n) is 13.1. The fourth-order valence-electron chi connectivity index (χ4n) is 3.07. The molecule has 2 aliphatic rings. The minimum absolute atomic E-state index is 0.0289. The summed E-state index contributed by atoms with van der Waals surface area (Å²) < 4.78 is 5.34. The number of hydrogen-bond donors (Lipinski definition) is 2. The molecule has 0 saturated carbocycles. The number of fused-ring (bicyclic) bond motifs is 2. The number of amides is 2. The summed E-state index contributed by atoms with van der Waals surface area (Å²) in [6, 6.07) is 7.12. The summed E-state index contributed by atoms with van der Waals surface area (Å²) in [6.07, 6.45) is 5.10. The number of ether oxygens (including phenoxy) is 1. The number of rotatable bonds is 3. The number of hydrogen-bond acceptors (Lipinski definition) is 4. The Morgan fingerprint density at radius 1 is 1.29 bits per heavy atom. The van der Waals surface area contributed by atoms with E-state index in [1.807, 2.05) is 6.20 Å². The van der Waals surface area contributed by atoms with Crippen molar-refractivity contribution in [1.82, 2.24) is 10.3 Å². The Morgan fingerprint density at radius 2 is 2.21 bits per heavy atom. The molecule has 1 aliphatic carbocycles. The molecule has 2 aromatic rings. The SMILES string of the molecule is O=C1COc2cc(C(=O)NCc3cnc4c(c3)CCC4)ccc2N1. The second-order valence-electron chi connectivity index (χ2n) is 6.03. The van der Waals surface area contributed by atoms with Gasteiger partial charge in [-0.2, -0.15) is 0 Å². The first-order chi connectivity index (χ1) is 11.7. The van der Waals surface area contributed by atoms with Crippen molar-refractivity contribution in [3.63, 3.8) is 0 Å². The van der Waals surface area contributed by atoms with Gasteiger partial charge in [0, 0.05) is 24.0 Å². The Morgan fingerprint density at radius 3 is 3.12 bits per heavy atom. The minimum Gasteiger partial charge on any atom is -0.482 e. The van der Waals surface area contributed by atoms with Crippen LogP contribution in [0.25, 0.3) is 0 Å². The normalized spacial score (nSPS) is 15.1. The lowest BCUT2D eigenvalue weighted by atomic mass is 10.1. The Balaban J connectivity index is 1.44. The predicted octanol–water partition coefficient (Wildman–Crippen LogP) is 1.83. The molecule has 4 rings (SSSR count). The van der Waals surface area contributed by atoms with Gasteiger partial charge in [-0.05, 0) is 48.6 Å². The van der Waals surface area contributed by atoms with E-state index < -0.39 is 0 Å². The maximum Gasteiger partial charge on any atom is 0.262 e. The zero-order chi connectivity index (χ0) is 16.5. The van der Waals surface area contributed by atoms with Gasteiger partial charge in [-0.15, -0.1) is 0 Å². The van der Waals surface area contributed by atoms with E-state index in [1.165, 1.54) is 11.3 Å². The van der Waals surface area contributed by atoms with E-state index >= 15 is 0 Å². The average Bonchev–Trinajstić information content (AvgIpc) is 3.07. The number of anilines is 1. The van der Waals surface area contributed by atoms with Gasteiger partial charge in [0.05, 0.1) is 5.69 Å². The summed E-state index contributed by atoms with van der Waals surface area (Å²) in [5, 5.41) is 5.60. The number of aromatic nitrogens is 1. The first-order valence-electron chi connectivity index (χ1n) is 8.00. The Hall–Kier alpha value is -2.89. The van der Waals surface area contributed by atoms with Crippen LogP contribution in [0.3, 0.4) is 0 Å². The Bertz CT molecular complexity index is 832. The van der Waals surface area contributed by atoms with Crippen LogP contribution < -0.4 is 15.4 Å². The fourth-order valence-corrected chi connectivity index (χ4v) is 3.07. The van der Waals surface area contributed by atoms with Gasteiger partial charge in [0.2, 0.25) is 0 Å². The molecule has 0 fully saturated rings. The standard InChI is InChI=1S/C18H17N3O3/c22-17-10-24-16-7-13(4-5-15(16)21-17)18(23)20-9-11-6-12-2-1-3-14(12)19-8-11/h4-8H,1-3,9-10H2,(H,20,23)(H,21,22). The van der Waals surface area contributed by atoms with E-state index in [0.29, 0.717) is 23.5 Å². The molecule has 0 saturated heterocycles. The van der Waals surface area contributed by atoms with E-state index in [9.17, 15) is 9.59 Å². The van der Waals surface area contributed by atoms with Crippen LogP contribution in [0.4, 0.5) is 5.69 Å². The number of carbonyl (C=O) groups is 2. The summed E-state index contributed by atoms with van der Waals surface area (Å²) in [5.74, 6) is 0.143. The second kappa shape index (κ2) is 5.96. The summed E-state index contributed by atoms with van der Waals surface area (Å²) in [7, 11) is 0. The van der Waals surface area contributed by atoms with Crippen molar-refractivity contribution < 1.29 is 14.3 Å². The van der Waals surface area contributed by atoms with Crippen molar-refractivity contribution in [1.29, 1.82) is 0 Å². The number of benzene rings is 1. The Labute approximate surface area is 139 Å². The van der Waals surface area contributed by atoms with Crippen molar-refractivity contribution in [3.05, 3.63) is 52.8 Å². The van der Waals surface area contributed by atoms with Crippen LogP contribution in [0.5, 0.6) is 5.75 Å². The number of pyridine rings is 1. The molecule has 6 heteroatoms. The number of nitrogens with one attached hydrogen (secondary N) is 2. The summed E-state index contributed by atoms with van der Waals surface area (Å²) in [6.45, 7) is 0.409. The third-order valence-electron chi connectivity index (χ3n) is 4.31. The van der Waals surface area contributed by atoms with Crippen LogP contribution in [0, 0.1) is 0 Å². The average molecular weight is 323 g/mol. The van der Waals surface area contributed by atoms with Crippen molar-refractivity contribution >= 4 is 17.5 Å². The van der Waals surface area contributed by atoms with Gasteiger partial charge in [0.25, 0.3) is 11.8 Å². The first kappa shape index (κ1) is 14.7. The smallest absolute Gasteiger partial charge is 0.262 e. The molecule has 0 unspecified atom stereocenters. The van der Waals surface area contributed by atoms with Crippen LogP contribution in [-0.2, 0) is 24.2 Å². The van der Waals surface area contributed by atoms with E-state index in [2.05, 4.69) is 21.7 Å². The molecule has 1 aromatic carbocycles. The topological polar surface area (TPSA) is 80.3 Å². The van der Waals surface area contributed by atoms with Gasteiger partial charge >= 0.3 is 0 Å². The van der Waals surface area contributed by atoms with Gasteiger partial charge in [0.1, 0.15) is 5.75 Å². The highest BCUT2D eigenvalue weighted by atomic mass is 16.5. The van der Waals surface area contributed by atoms with Gasteiger partial charge in [-0.25, -0.2) is 0 Å². The molecule has 1 aromatic heterocycles. The molecule has 0 radical (unpaired) electrons. The zero-order valence-corrected chi connectivity index (χ0v) is 13.1. The van der Waals surface area contributed by atoms with Gasteiger partial charge in [0.15, 0.2) is 6.61 Å². The van der Waals surface area contributed by atoms with E-state index in [1.54, 1.807) is 18.2 Å². The number of carbonyl (C=O) groups excluding carboxylic acids is 2. The monoisotopic (exact) mass is 323 g/mol. The third-order valence-corrected chi connectivity index (χ3v) is 4.31. The summed E-state index contributed by atoms with van der Waals surface area (Å²) in [4.78, 5) is 28.1. The molecule has 122 valence electrons. The maximum absolute atomic E-state index is 12.3. The molecule has 1 aliphatic heterocycles. The van der Waals surface area contributed by atoms with Gasteiger partial charge in [-0.3, -0.25) is 14.6 Å². The number of aryl methyl sites for hydroxylation is 2. The highest BCUT2D eigenvalue weighted by Gasteiger charge is 2.18. The summed E-state index contributed by atoms with van der Waals surface area (Å²) >= 11 is 0. The molecule has 0 spiro atoms. The van der Waals surface area contributed by atoms with Crippen molar-refractivity contribution in [2.24, 2.45) is 0 Å². The number of nitrogens with zero attached hydrogens (tertiary/aromatic N) is 1. The quantitative estimate of drug-likeness (QED) is 0.903. The second-order valence-corrected chi connectivity index (χ2v) is 6.03. The van der Waals surface area contributed by atoms with Crippen molar-refractivity contribution in [2.75, 3.05) is 11.9 Å². The van der Waals surface area contributed by atoms with Crippen LogP contribution in [-0.4, -0.2) is 23.4 Å². The highest BCUT2D eigenvalue weighted by molar-refractivity contribution is 5.98. The lowest BCUT2D eigenvalue weighted by Gasteiger charge is -2.18. The predicted molar refractivity (Wildman–Crippen MR) is 88.0 cm³/mol. The van der Waals surface area contributed by atoms with Gasteiger partial charge in [-0.1, -0.05) is 6.07 Å². The molecule has 2 N–H and O–H groups in total. The lowest BCUT2D eigenvalue weighted by Crippen LogP contribution is -2.26. The van der Waals surface area contributed by atoms with Crippen molar-refractivity contribution in [3.8, 4) is 5.75 Å². The lowest BCUT2D eigenvalue weighted by molar-refractivity contribution is -0.118. The van der Waals surface area contributed by atoms with Gasteiger partial charge < -0.3 is 15.4 Å². The maximum atomic E-state index is 12.3. The molecule has 0 atom stereocenters. The largest absolute Gasteiger partial charge is 0.482 e. The van der Waals surface area contributed by atoms with E-state index in [0.717, 1.165) is 24.8 Å². The highest BCUT2D eigenvalue weighted by Crippen LogP contribution is 2.28. The third kappa shape index (κ3) is 2.82. The van der Waals surface area contributed by atoms with Crippen LogP contribution in [0.2, 0.25) is 0 Å². The molecule has 6 nitrogen and oxygen atoms in total. The van der Waals surface area contributed by atoms with Crippen molar-refractivity contribution in [2.45, 2.75) is 25.8 Å². The molecular formula is C18H17N3O3. The minimum atomic E-state index is -0.191. The Kier molecular flexibility index (Phi) is 3.65. The van der Waals surface area contributed by atoms with Crippen LogP contribution >= 0.6 is 0 Å². The van der Waals surface area contributed by atoms with Crippen LogP contribution in [0.1, 0.15) is 33.6 Å². The first-order valence-corrected chi connectivity index (χ1v) is 8.00.